The summed E-state index contributed by atoms with van der Waals surface area (Å²) in [6, 6.07) is 7.66. The molecule has 0 spiro atoms. The summed E-state index contributed by atoms with van der Waals surface area (Å²) >= 11 is 1.41. The van der Waals surface area contributed by atoms with Gasteiger partial charge in [0.25, 0.3) is 0 Å². The minimum absolute atomic E-state index is 0.0481. The Labute approximate surface area is 134 Å². The Kier molecular flexibility index (Phi) is 4.03. The van der Waals surface area contributed by atoms with Crippen molar-refractivity contribution < 1.29 is 13.2 Å². The molecule has 0 aliphatic carbocycles. The third kappa shape index (κ3) is 2.79. The Morgan fingerprint density at radius 2 is 2.09 bits per heavy atom. The fraction of sp³-hybridized carbons (Fsp3) is 0.467. The van der Waals surface area contributed by atoms with Crippen molar-refractivity contribution in [3.8, 4) is 0 Å². The van der Waals surface area contributed by atoms with E-state index in [1.165, 1.54) is 11.8 Å². The van der Waals surface area contributed by atoms with Crippen LogP contribution in [-0.2, 0) is 14.6 Å². The van der Waals surface area contributed by atoms with Crippen molar-refractivity contribution in [2.45, 2.75) is 31.6 Å². The highest BCUT2D eigenvalue weighted by Crippen LogP contribution is 2.41. The van der Waals surface area contributed by atoms with E-state index in [1.807, 2.05) is 36.1 Å². The first-order valence-corrected chi connectivity index (χ1v) is 9.95. The van der Waals surface area contributed by atoms with E-state index in [0.29, 0.717) is 11.6 Å². The Morgan fingerprint density at radius 1 is 1.36 bits per heavy atom. The molecule has 0 unspecified atom stereocenters. The number of amides is 1. The molecule has 0 saturated carbocycles. The summed E-state index contributed by atoms with van der Waals surface area (Å²) in [7, 11) is -3.02. The molecule has 2 heterocycles. The minimum atomic E-state index is -3.02. The SMILES string of the molecule is CCC(=O)N=C1S[C@@H]2CS(=O)(=O)C[C@H]2N1c1ccccc1C. The number of carbonyl (C=O) groups excluding carboxylic acids is 1. The number of nitrogens with zero attached hydrogens (tertiary/aromatic N) is 2. The fourth-order valence-electron chi connectivity index (χ4n) is 2.87. The van der Waals surface area contributed by atoms with Gasteiger partial charge >= 0.3 is 0 Å². The van der Waals surface area contributed by atoms with Gasteiger partial charge in [0, 0.05) is 17.4 Å². The van der Waals surface area contributed by atoms with Crippen molar-refractivity contribution in [1.29, 1.82) is 0 Å². The summed E-state index contributed by atoms with van der Waals surface area (Å²) in [5.74, 6) is 0.103. The average Bonchev–Trinajstić information content (AvgIpc) is 2.91. The van der Waals surface area contributed by atoms with E-state index in [9.17, 15) is 13.2 Å². The van der Waals surface area contributed by atoms with E-state index in [0.717, 1.165) is 11.3 Å². The Bertz CT molecular complexity index is 743. The summed E-state index contributed by atoms with van der Waals surface area (Å²) in [6.07, 6.45) is 0.347. The van der Waals surface area contributed by atoms with Gasteiger partial charge in [-0.3, -0.25) is 4.79 Å². The number of benzene rings is 1. The van der Waals surface area contributed by atoms with Gasteiger partial charge in [0.05, 0.1) is 17.5 Å². The number of thioether (sulfide) groups is 1. The van der Waals surface area contributed by atoms with Gasteiger partial charge < -0.3 is 4.90 Å². The molecule has 22 heavy (non-hydrogen) atoms. The van der Waals surface area contributed by atoms with Crippen LogP contribution in [-0.4, -0.2) is 42.3 Å². The Hall–Kier alpha value is -1.34. The van der Waals surface area contributed by atoms with Crippen LogP contribution >= 0.6 is 11.8 Å². The molecule has 0 bridgehead atoms. The lowest BCUT2D eigenvalue weighted by atomic mass is 10.1. The molecular weight excluding hydrogens is 320 g/mol. The molecule has 5 nitrogen and oxygen atoms in total. The third-order valence-corrected chi connectivity index (χ3v) is 7.17. The number of para-hydroxylation sites is 1. The van der Waals surface area contributed by atoms with E-state index in [2.05, 4.69) is 4.99 Å². The first kappa shape index (κ1) is 15.6. The summed E-state index contributed by atoms with van der Waals surface area (Å²) in [5, 5.41) is 0.582. The highest BCUT2D eigenvalue weighted by atomic mass is 32.2. The van der Waals surface area contributed by atoms with Crippen molar-refractivity contribution in [2.24, 2.45) is 4.99 Å². The normalized spacial score (nSPS) is 28.1. The number of sulfone groups is 1. The van der Waals surface area contributed by atoms with Crippen LogP contribution < -0.4 is 4.90 Å². The molecule has 3 rings (SSSR count). The quantitative estimate of drug-likeness (QED) is 0.825. The predicted octanol–water partition coefficient (Wildman–Crippen LogP) is 2.01. The molecular formula is C15H18N2O3S2. The largest absolute Gasteiger partial charge is 0.315 e. The number of aryl methyl sites for hydroxylation is 1. The molecule has 7 heteroatoms. The summed E-state index contributed by atoms with van der Waals surface area (Å²) in [4.78, 5) is 17.9. The van der Waals surface area contributed by atoms with Gasteiger partial charge in [-0.2, -0.15) is 4.99 Å². The van der Waals surface area contributed by atoms with Crippen molar-refractivity contribution in [3.63, 3.8) is 0 Å². The Balaban J connectivity index is 2.05. The molecule has 1 aromatic rings. The number of carbonyl (C=O) groups is 1. The van der Waals surface area contributed by atoms with Gasteiger partial charge in [-0.1, -0.05) is 36.9 Å². The molecule has 2 saturated heterocycles. The van der Waals surface area contributed by atoms with Crippen LogP contribution in [0.25, 0.3) is 0 Å². The number of fused-ring (bicyclic) bond motifs is 1. The number of hydrogen-bond donors (Lipinski definition) is 0. The van der Waals surface area contributed by atoms with Crippen LogP contribution in [0.5, 0.6) is 0 Å². The first-order chi connectivity index (χ1) is 10.4. The molecule has 0 radical (unpaired) electrons. The number of amidine groups is 1. The van der Waals surface area contributed by atoms with Gasteiger partial charge in [0.1, 0.15) is 0 Å². The summed E-state index contributed by atoms with van der Waals surface area (Å²) < 4.78 is 23.9. The van der Waals surface area contributed by atoms with Gasteiger partial charge in [0.2, 0.25) is 5.91 Å². The average molecular weight is 338 g/mol. The van der Waals surface area contributed by atoms with E-state index in [1.54, 1.807) is 6.92 Å². The molecule has 2 fully saturated rings. The van der Waals surface area contributed by atoms with Crippen molar-refractivity contribution in [3.05, 3.63) is 29.8 Å². The van der Waals surface area contributed by atoms with Gasteiger partial charge in [-0.25, -0.2) is 8.42 Å². The number of anilines is 1. The molecule has 2 atom stereocenters. The van der Waals surface area contributed by atoms with Gasteiger partial charge in [0.15, 0.2) is 15.0 Å². The highest BCUT2D eigenvalue weighted by Gasteiger charge is 2.49. The zero-order valence-electron chi connectivity index (χ0n) is 12.5. The number of hydrogen-bond acceptors (Lipinski definition) is 4. The summed E-state index contributed by atoms with van der Waals surface area (Å²) in [6.45, 7) is 3.76. The predicted molar refractivity (Wildman–Crippen MR) is 90.2 cm³/mol. The van der Waals surface area contributed by atoms with E-state index in [4.69, 9.17) is 0 Å². The van der Waals surface area contributed by atoms with E-state index < -0.39 is 9.84 Å². The van der Waals surface area contributed by atoms with Crippen LogP contribution in [0, 0.1) is 6.92 Å². The molecule has 2 aliphatic heterocycles. The zero-order chi connectivity index (χ0) is 15.9. The smallest absolute Gasteiger partial charge is 0.247 e. The lowest BCUT2D eigenvalue weighted by molar-refractivity contribution is -0.117. The fourth-order valence-corrected chi connectivity index (χ4v) is 6.79. The van der Waals surface area contributed by atoms with E-state index in [-0.39, 0.29) is 28.7 Å². The number of rotatable bonds is 2. The van der Waals surface area contributed by atoms with Crippen molar-refractivity contribution in [2.75, 3.05) is 16.4 Å². The van der Waals surface area contributed by atoms with Crippen molar-refractivity contribution >= 4 is 38.4 Å². The maximum atomic E-state index is 11.9. The minimum Gasteiger partial charge on any atom is -0.315 e. The van der Waals surface area contributed by atoms with Crippen molar-refractivity contribution in [1.82, 2.24) is 0 Å². The zero-order valence-corrected chi connectivity index (χ0v) is 14.2. The molecule has 0 N–H and O–H groups in total. The second kappa shape index (κ2) is 5.70. The molecule has 2 aliphatic rings. The monoisotopic (exact) mass is 338 g/mol. The van der Waals surface area contributed by atoms with Crippen LogP contribution in [0.3, 0.4) is 0 Å². The van der Waals surface area contributed by atoms with Crippen LogP contribution in [0.4, 0.5) is 5.69 Å². The van der Waals surface area contributed by atoms with Crippen LogP contribution in [0.2, 0.25) is 0 Å². The second-order valence-corrected chi connectivity index (χ2v) is 8.96. The molecule has 118 valence electrons. The molecule has 1 amide bonds. The molecule has 1 aromatic carbocycles. The highest BCUT2D eigenvalue weighted by molar-refractivity contribution is 8.16. The second-order valence-electron chi connectivity index (χ2n) is 5.60. The van der Waals surface area contributed by atoms with Gasteiger partial charge in [-0.05, 0) is 18.6 Å². The van der Waals surface area contributed by atoms with Crippen LogP contribution in [0.15, 0.2) is 29.3 Å². The lowest BCUT2D eigenvalue weighted by Crippen LogP contribution is -2.38. The molecule has 0 aromatic heterocycles. The third-order valence-electron chi connectivity index (χ3n) is 3.96. The lowest BCUT2D eigenvalue weighted by Gasteiger charge is -2.26. The topological polar surface area (TPSA) is 66.8 Å². The first-order valence-electron chi connectivity index (χ1n) is 7.25. The number of aliphatic imine (C=N–C) groups is 1. The summed E-state index contributed by atoms with van der Waals surface area (Å²) in [5.41, 5.74) is 1.98. The van der Waals surface area contributed by atoms with Gasteiger partial charge in [-0.15, -0.1) is 0 Å². The van der Waals surface area contributed by atoms with Crippen LogP contribution in [0.1, 0.15) is 18.9 Å². The maximum Gasteiger partial charge on any atom is 0.247 e. The standard InChI is InChI=1S/C15H18N2O3S2/c1-3-14(18)16-15-17(11-7-5-4-6-10(11)2)12-8-22(19,20)9-13(12)21-15/h4-7,12-13H,3,8-9H2,1-2H3/t12-,13-/m1/s1. The van der Waals surface area contributed by atoms with E-state index >= 15 is 0 Å². The Morgan fingerprint density at radius 3 is 2.77 bits per heavy atom. The maximum absolute atomic E-state index is 11.9.